The third-order valence-electron chi connectivity index (χ3n) is 2.58. The van der Waals surface area contributed by atoms with E-state index in [4.69, 9.17) is 0 Å². The van der Waals surface area contributed by atoms with E-state index in [1.807, 2.05) is 24.4 Å². The minimum absolute atomic E-state index is 0.462. The smallest absolute Gasteiger partial charge is 0.252 e. The van der Waals surface area contributed by atoms with Crippen molar-refractivity contribution in [3.8, 4) is 0 Å². The summed E-state index contributed by atoms with van der Waals surface area (Å²) in [4.78, 5) is 15.3. The summed E-state index contributed by atoms with van der Waals surface area (Å²) < 4.78 is 1.01. The minimum atomic E-state index is -0.462. The summed E-state index contributed by atoms with van der Waals surface area (Å²) in [5, 5.41) is 13.3. The topological polar surface area (TPSA) is 68.1 Å². The van der Waals surface area contributed by atoms with Gasteiger partial charge in [0, 0.05) is 16.8 Å². The Morgan fingerprint density at radius 1 is 1.48 bits per heavy atom. The predicted octanol–water partition coefficient (Wildman–Crippen LogP) is 3.66. The van der Waals surface area contributed by atoms with Crippen LogP contribution in [-0.2, 0) is 12.3 Å². The van der Waals surface area contributed by atoms with E-state index < -0.39 is 4.92 Å². The number of nitro groups is 1. The van der Waals surface area contributed by atoms with Gasteiger partial charge >= 0.3 is 0 Å². The number of aromatic nitrogens is 1. The van der Waals surface area contributed by atoms with Gasteiger partial charge in [-0.25, -0.2) is 4.98 Å². The Labute approximate surface area is 131 Å². The van der Waals surface area contributed by atoms with Crippen LogP contribution in [-0.4, -0.2) is 9.91 Å². The average Bonchev–Trinajstić information content (AvgIpc) is 2.91. The second kappa shape index (κ2) is 7.80. The van der Waals surface area contributed by atoms with Crippen molar-refractivity contribution in [3.63, 3.8) is 0 Å². The van der Waals surface area contributed by atoms with Crippen molar-refractivity contribution in [2.45, 2.75) is 23.6 Å². The number of nitrogens with zero attached hydrogens (tertiary/aromatic N) is 2. The van der Waals surface area contributed by atoms with Crippen molar-refractivity contribution in [1.82, 2.24) is 10.3 Å². The zero-order valence-electron chi connectivity index (χ0n) is 11.5. The van der Waals surface area contributed by atoms with Crippen molar-refractivity contribution in [2.24, 2.45) is 0 Å². The third-order valence-corrected chi connectivity index (χ3v) is 4.80. The largest absolute Gasteiger partial charge is 0.379 e. The van der Waals surface area contributed by atoms with Crippen LogP contribution >= 0.6 is 23.1 Å². The van der Waals surface area contributed by atoms with Crippen LogP contribution in [0.3, 0.4) is 0 Å². The molecule has 1 N–H and O–H groups in total. The van der Waals surface area contributed by atoms with Crippen molar-refractivity contribution in [1.29, 1.82) is 0 Å². The van der Waals surface area contributed by atoms with Gasteiger partial charge in [-0.3, -0.25) is 10.1 Å². The van der Waals surface area contributed by atoms with Gasteiger partial charge in [0.15, 0.2) is 0 Å². The van der Waals surface area contributed by atoms with Crippen LogP contribution < -0.4 is 5.32 Å². The summed E-state index contributed by atoms with van der Waals surface area (Å²) in [5.41, 5.74) is 1.80. The van der Waals surface area contributed by atoms with Gasteiger partial charge in [-0.2, -0.15) is 0 Å². The number of allylic oxidation sites excluding steroid dienone is 1. The highest BCUT2D eigenvalue weighted by molar-refractivity contribution is 8.00. The number of nitrogens with one attached hydrogen (secondary N) is 1. The number of benzene rings is 1. The standard InChI is InChI=1S/C14H15N3O2S2/c1-11(9-17(18)19)15-7-13-8-16-14(21-13)20-10-12-5-3-2-4-6-12/h2-6,8-9,15H,7,10H2,1H3/b11-9+. The first-order chi connectivity index (χ1) is 10.1. The highest BCUT2D eigenvalue weighted by atomic mass is 32.2. The van der Waals surface area contributed by atoms with E-state index in [1.165, 1.54) is 5.56 Å². The molecule has 7 heteroatoms. The maximum atomic E-state index is 10.3. The number of hydrogen-bond donors (Lipinski definition) is 1. The lowest BCUT2D eigenvalue weighted by atomic mass is 10.2. The van der Waals surface area contributed by atoms with Crippen LogP contribution in [0.5, 0.6) is 0 Å². The molecule has 0 unspecified atom stereocenters. The van der Waals surface area contributed by atoms with Gasteiger partial charge in [0.05, 0.1) is 17.2 Å². The van der Waals surface area contributed by atoms with E-state index in [-0.39, 0.29) is 0 Å². The van der Waals surface area contributed by atoms with Crippen LogP contribution in [0.15, 0.2) is 52.8 Å². The van der Waals surface area contributed by atoms with Crippen LogP contribution in [0.25, 0.3) is 0 Å². The SMILES string of the molecule is C/C(=C\[N+](=O)[O-])NCc1cnc(SCc2ccccc2)s1. The second-order valence-electron chi connectivity index (χ2n) is 4.32. The number of rotatable bonds is 7. The van der Waals surface area contributed by atoms with Crippen LogP contribution in [0.1, 0.15) is 17.4 Å². The molecule has 0 saturated heterocycles. The van der Waals surface area contributed by atoms with Gasteiger partial charge in [0.2, 0.25) is 0 Å². The zero-order chi connectivity index (χ0) is 15.1. The van der Waals surface area contributed by atoms with Crippen LogP contribution in [0.4, 0.5) is 0 Å². The van der Waals surface area contributed by atoms with Crippen LogP contribution in [0, 0.1) is 10.1 Å². The summed E-state index contributed by atoms with van der Waals surface area (Å²) in [6.07, 6.45) is 2.77. The van der Waals surface area contributed by atoms with Crippen molar-refractivity contribution >= 4 is 23.1 Å². The van der Waals surface area contributed by atoms with Gasteiger partial charge in [-0.05, 0) is 12.5 Å². The second-order valence-corrected chi connectivity index (χ2v) is 6.66. The molecule has 0 bridgehead atoms. The summed E-state index contributed by atoms with van der Waals surface area (Å²) >= 11 is 3.30. The molecule has 0 aliphatic heterocycles. The van der Waals surface area contributed by atoms with Gasteiger partial charge in [-0.1, -0.05) is 42.1 Å². The molecule has 0 radical (unpaired) electrons. The number of thioether (sulfide) groups is 1. The molecule has 0 atom stereocenters. The molecular formula is C14H15N3O2S2. The summed E-state index contributed by atoms with van der Waals surface area (Å²) in [6, 6.07) is 10.2. The highest BCUT2D eigenvalue weighted by Crippen LogP contribution is 2.27. The average molecular weight is 321 g/mol. The van der Waals surface area contributed by atoms with Crippen LogP contribution in [0.2, 0.25) is 0 Å². The molecule has 2 aromatic rings. The fourth-order valence-corrected chi connectivity index (χ4v) is 3.51. The summed E-state index contributed by atoms with van der Waals surface area (Å²) in [6.45, 7) is 2.23. The zero-order valence-corrected chi connectivity index (χ0v) is 13.1. The molecule has 21 heavy (non-hydrogen) atoms. The Morgan fingerprint density at radius 3 is 2.95 bits per heavy atom. The Kier molecular flexibility index (Phi) is 5.77. The minimum Gasteiger partial charge on any atom is -0.379 e. The van der Waals surface area contributed by atoms with Crippen molar-refractivity contribution < 1.29 is 4.92 Å². The molecule has 5 nitrogen and oxygen atoms in total. The van der Waals surface area contributed by atoms with E-state index in [1.54, 1.807) is 30.0 Å². The van der Waals surface area contributed by atoms with E-state index in [2.05, 4.69) is 22.4 Å². The Balaban J connectivity index is 1.83. The Hall–Kier alpha value is -1.86. The molecule has 110 valence electrons. The van der Waals surface area contributed by atoms with Gasteiger partial charge in [0.25, 0.3) is 6.20 Å². The molecular weight excluding hydrogens is 306 g/mol. The predicted molar refractivity (Wildman–Crippen MR) is 85.7 cm³/mol. The maximum absolute atomic E-state index is 10.3. The lowest BCUT2D eigenvalue weighted by Gasteiger charge is -2.00. The van der Waals surface area contributed by atoms with Crippen molar-refractivity contribution in [2.75, 3.05) is 0 Å². The summed E-state index contributed by atoms with van der Waals surface area (Å²) in [5.74, 6) is 0.890. The van der Waals surface area contributed by atoms with Crippen molar-refractivity contribution in [3.05, 3.63) is 69.0 Å². The third kappa shape index (κ3) is 5.57. The van der Waals surface area contributed by atoms with E-state index >= 15 is 0 Å². The lowest BCUT2D eigenvalue weighted by molar-refractivity contribution is -0.403. The first-order valence-electron chi connectivity index (χ1n) is 6.30. The molecule has 0 saturated carbocycles. The number of hydrogen-bond acceptors (Lipinski definition) is 6. The summed E-state index contributed by atoms with van der Waals surface area (Å²) in [7, 11) is 0. The quantitative estimate of drug-likeness (QED) is 0.479. The first kappa shape index (κ1) is 15.5. The van der Waals surface area contributed by atoms with E-state index in [0.717, 1.165) is 21.2 Å². The fraction of sp³-hybridized carbons (Fsp3) is 0.214. The molecule has 1 heterocycles. The molecule has 0 spiro atoms. The van der Waals surface area contributed by atoms with E-state index in [9.17, 15) is 10.1 Å². The first-order valence-corrected chi connectivity index (χ1v) is 8.11. The number of thiazole rings is 1. The molecule has 2 rings (SSSR count). The lowest BCUT2D eigenvalue weighted by Crippen LogP contribution is -2.10. The molecule has 0 aliphatic carbocycles. The van der Waals surface area contributed by atoms with Gasteiger partial charge in [0.1, 0.15) is 4.34 Å². The highest BCUT2D eigenvalue weighted by Gasteiger charge is 2.04. The fourth-order valence-electron chi connectivity index (χ4n) is 1.59. The van der Waals surface area contributed by atoms with Gasteiger partial charge in [-0.15, -0.1) is 11.3 Å². The normalized spacial score (nSPS) is 11.4. The monoisotopic (exact) mass is 321 g/mol. The molecule has 0 amide bonds. The Bertz CT molecular complexity index is 626. The maximum Gasteiger partial charge on any atom is 0.252 e. The molecule has 1 aromatic heterocycles. The van der Waals surface area contributed by atoms with E-state index in [0.29, 0.717) is 12.2 Å². The molecule has 0 fully saturated rings. The molecule has 1 aromatic carbocycles. The molecule has 0 aliphatic rings. The Morgan fingerprint density at radius 2 is 2.24 bits per heavy atom. The van der Waals surface area contributed by atoms with Gasteiger partial charge < -0.3 is 5.32 Å².